The van der Waals surface area contributed by atoms with E-state index >= 15 is 0 Å². The van der Waals surface area contributed by atoms with E-state index < -0.39 is 0 Å². The lowest BCUT2D eigenvalue weighted by atomic mass is 10.1. The summed E-state index contributed by atoms with van der Waals surface area (Å²) in [6.45, 7) is 2.50. The van der Waals surface area contributed by atoms with Gasteiger partial charge in [-0.1, -0.05) is 23.8 Å². The fourth-order valence-electron chi connectivity index (χ4n) is 2.42. The molecule has 6 nitrogen and oxygen atoms in total. The maximum absolute atomic E-state index is 11.8. The van der Waals surface area contributed by atoms with Gasteiger partial charge < -0.3 is 20.0 Å². The first-order valence-corrected chi connectivity index (χ1v) is 7.77. The molecule has 0 radical (unpaired) electrons. The lowest BCUT2D eigenvalue weighted by Gasteiger charge is -2.08. The molecule has 124 valence electrons. The van der Waals surface area contributed by atoms with Crippen LogP contribution in [0.1, 0.15) is 11.1 Å². The predicted octanol–water partition coefficient (Wildman–Crippen LogP) is 1.90. The Kier molecular flexibility index (Phi) is 4.65. The molecule has 0 unspecified atom stereocenters. The molecule has 0 saturated heterocycles. The first-order valence-electron chi connectivity index (χ1n) is 7.77. The van der Waals surface area contributed by atoms with E-state index in [1.165, 1.54) is 0 Å². The molecule has 24 heavy (non-hydrogen) atoms. The highest BCUT2D eigenvalue weighted by Crippen LogP contribution is 2.11. The van der Waals surface area contributed by atoms with Gasteiger partial charge in [0.15, 0.2) is 6.61 Å². The van der Waals surface area contributed by atoms with Gasteiger partial charge in [0.05, 0.1) is 11.0 Å². The summed E-state index contributed by atoms with van der Waals surface area (Å²) in [4.78, 5) is 28.4. The Bertz CT molecular complexity index is 894. The molecule has 3 N–H and O–H groups in total. The Morgan fingerprint density at radius 1 is 1.08 bits per heavy atom. The number of aryl methyl sites for hydroxylation is 1. The van der Waals surface area contributed by atoms with Gasteiger partial charge in [0.1, 0.15) is 5.75 Å². The molecular formula is C18H19N3O3. The molecular weight excluding hydrogens is 306 g/mol. The van der Waals surface area contributed by atoms with Crippen molar-refractivity contribution < 1.29 is 9.53 Å². The third-order valence-corrected chi connectivity index (χ3v) is 3.71. The smallest absolute Gasteiger partial charge is 0.323 e. The Hall–Kier alpha value is -3.02. The minimum absolute atomic E-state index is 0.00672. The molecule has 0 fully saturated rings. The van der Waals surface area contributed by atoms with Crippen LogP contribution in [0.25, 0.3) is 11.0 Å². The molecule has 1 heterocycles. The lowest BCUT2D eigenvalue weighted by Crippen LogP contribution is -2.30. The van der Waals surface area contributed by atoms with Gasteiger partial charge in [-0.25, -0.2) is 4.79 Å². The monoisotopic (exact) mass is 325 g/mol. The zero-order valence-corrected chi connectivity index (χ0v) is 13.4. The third kappa shape index (κ3) is 4.04. The van der Waals surface area contributed by atoms with Crippen LogP contribution in [0.4, 0.5) is 0 Å². The molecule has 0 aliphatic heterocycles. The van der Waals surface area contributed by atoms with E-state index in [0.29, 0.717) is 18.7 Å². The highest BCUT2D eigenvalue weighted by atomic mass is 16.5. The van der Waals surface area contributed by atoms with Crippen LogP contribution in [-0.2, 0) is 11.2 Å². The molecule has 0 aliphatic rings. The number of aromatic amines is 2. The van der Waals surface area contributed by atoms with E-state index in [1.807, 2.05) is 49.4 Å². The molecule has 3 aromatic rings. The minimum atomic E-state index is -0.219. The number of amides is 1. The zero-order chi connectivity index (χ0) is 16.9. The van der Waals surface area contributed by atoms with Crippen LogP contribution in [0.3, 0.4) is 0 Å². The van der Waals surface area contributed by atoms with Gasteiger partial charge in [0.2, 0.25) is 0 Å². The maximum Gasteiger partial charge on any atom is 0.323 e. The highest BCUT2D eigenvalue weighted by molar-refractivity contribution is 5.77. The fraction of sp³-hybridized carbons (Fsp3) is 0.222. The average Bonchev–Trinajstić information content (AvgIpc) is 2.93. The summed E-state index contributed by atoms with van der Waals surface area (Å²) in [7, 11) is 0. The van der Waals surface area contributed by atoms with Gasteiger partial charge in [-0.2, -0.15) is 0 Å². The highest BCUT2D eigenvalue weighted by Gasteiger charge is 2.04. The van der Waals surface area contributed by atoms with Gasteiger partial charge in [-0.15, -0.1) is 0 Å². The largest absolute Gasteiger partial charge is 0.484 e. The quantitative estimate of drug-likeness (QED) is 0.647. The number of hydrogen-bond acceptors (Lipinski definition) is 3. The molecule has 2 aromatic carbocycles. The molecule has 3 rings (SSSR count). The van der Waals surface area contributed by atoms with Crippen LogP contribution in [-0.4, -0.2) is 29.0 Å². The number of H-pyrrole nitrogens is 2. The van der Waals surface area contributed by atoms with E-state index in [2.05, 4.69) is 15.3 Å². The Morgan fingerprint density at radius 2 is 1.83 bits per heavy atom. The van der Waals surface area contributed by atoms with Gasteiger partial charge in [-0.3, -0.25) is 4.79 Å². The first-order chi connectivity index (χ1) is 11.6. The van der Waals surface area contributed by atoms with Crippen LogP contribution >= 0.6 is 0 Å². The van der Waals surface area contributed by atoms with Crippen molar-refractivity contribution in [1.82, 2.24) is 15.3 Å². The van der Waals surface area contributed by atoms with Crippen LogP contribution in [0, 0.1) is 6.92 Å². The van der Waals surface area contributed by atoms with Crippen LogP contribution < -0.4 is 15.7 Å². The van der Waals surface area contributed by atoms with Crippen molar-refractivity contribution in [3.05, 3.63) is 64.1 Å². The first kappa shape index (κ1) is 15.9. The van der Waals surface area contributed by atoms with Crippen LogP contribution in [0.2, 0.25) is 0 Å². The molecule has 0 aliphatic carbocycles. The van der Waals surface area contributed by atoms with Gasteiger partial charge >= 0.3 is 5.69 Å². The van der Waals surface area contributed by atoms with Crippen molar-refractivity contribution in [2.75, 3.05) is 13.2 Å². The average molecular weight is 325 g/mol. The maximum atomic E-state index is 11.8. The molecule has 1 aromatic heterocycles. The standard InChI is InChI=1S/C18H19N3O3/c1-12-2-5-14(6-3-12)24-11-17(22)19-9-8-13-4-7-15-16(10-13)21-18(23)20-15/h2-7,10H,8-9,11H2,1H3,(H,19,22)(H2,20,21,23). The zero-order valence-electron chi connectivity index (χ0n) is 13.4. The predicted molar refractivity (Wildman–Crippen MR) is 92.3 cm³/mol. The number of benzene rings is 2. The summed E-state index contributed by atoms with van der Waals surface area (Å²) >= 11 is 0. The van der Waals surface area contributed by atoms with Crippen LogP contribution in [0.5, 0.6) is 5.75 Å². The minimum Gasteiger partial charge on any atom is -0.484 e. The van der Waals surface area contributed by atoms with Gasteiger partial charge in [0, 0.05) is 6.54 Å². The summed E-state index contributed by atoms with van der Waals surface area (Å²) in [5.41, 5.74) is 3.51. The fourth-order valence-corrected chi connectivity index (χ4v) is 2.42. The summed E-state index contributed by atoms with van der Waals surface area (Å²) in [6, 6.07) is 13.3. The topological polar surface area (TPSA) is 87.0 Å². The number of ether oxygens (including phenoxy) is 1. The number of aromatic nitrogens is 2. The number of hydrogen-bond donors (Lipinski definition) is 3. The summed E-state index contributed by atoms with van der Waals surface area (Å²) in [6.07, 6.45) is 0.680. The van der Waals surface area contributed by atoms with E-state index in [9.17, 15) is 9.59 Å². The normalized spacial score (nSPS) is 10.7. The van der Waals surface area contributed by atoms with Crippen molar-refractivity contribution in [3.63, 3.8) is 0 Å². The second-order valence-corrected chi connectivity index (χ2v) is 5.66. The molecule has 6 heteroatoms. The lowest BCUT2D eigenvalue weighted by molar-refractivity contribution is -0.123. The number of carbonyl (C=O) groups excluding carboxylic acids is 1. The van der Waals surface area contributed by atoms with Crippen molar-refractivity contribution in [2.45, 2.75) is 13.3 Å². The van der Waals surface area contributed by atoms with E-state index in [4.69, 9.17) is 4.74 Å². The molecule has 0 bridgehead atoms. The van der Waals surface area contributed by atoms with Crippen molar-refractivity contribution in [2.24, 2.45) is 0 Å². The van der Waals surface area contributed by atoms with Crippen molar-refractivity contribution in [3.8, 4) is 5.75 Å². The third-order valence-electron chi connectivity index (χ3n) is 3.71. The molecule has 1 amide bonds. The number of carbonyl (C=O) groups is 1. The van der Waals surface area contributed by atoms with Gasteiger partial charge in [-0.05, 0) is 43.2 Å². The van der Waals surface area contributed by atoms with E-state index in [-0.39, 0.29) is 18.2 Å². The van der Waals surface area contributed by atoms with Crippen LogP contribution in [0.15, 0.2) is 47.3 Å². The van der Waals surface area contributed by atoms with Crippen molar-refractivity contribution in [1.29, 1.82) is 0 Å². The Balaban J connectivity index is 1.45. The Labute approximate surface area is 138 Å². The van der Waals surface area contributed by atoms with E-state index in [0.717, 1.165) is 22.2 Å². The number of nitrogens with one attached hydrogen (secondary N) is 3. The molecule has 0 atom stereocenters. The summed E-state index contributed by atoms with van der Waals surface area (Å²) in [5.74, 6) is 0.518. The van der Waals surface area contributed by atoms with E-state index in [1.54, 1.807) is 0 Å². The number of rotatable bonds is 6. The number of imidazole rings is 1. The summed E-state index contributed by atoms with van der Waals surface area (Å²) < 4.78 is 5.43. The molecule has 0 saturated carbocycles. The number of fused-ring (bicyclic) bond motifs is 1. The second-order valence-electron chi connectivity index (χ2n) is 5.66. The Morgan fingerprint density at radius 3 is 2.62 bits per heavy atom. The van der Waals surface area contributed by atoms with Crippen molar-refractivity contribution >= 4 is 16.9 Å². The van der Waals surface area contributed by atoms with Gasteiger partial charge in [0.25, 0.3) is 5.91 Å². The SMILES string of the molecule is Cc1ccc(OCC(=O)NCCc2ccc3[nH]c(=O)[nH]c3c2)cc1. The molecule has 0 spiro atoms. The summed E-state index contributed by atoms with van der Waals surface area (Å²) in [5, 5.41) is 2.82. The second kappa shape index (κ2) is 7.04.